The van der Waals surface area contributed by atoms with E-state index in [4.69, 9.17) is 4.74 Å². The first kappa shape index (κ1) is 20.6. The first-order chi connectivity index (χ1) is 14.1. The van der Waals surface area contributed by atoms with Gasteiger partial charge in [-0.15, -0.1) is 0 Å². The van der Waals surface area contributed by atoms with Gasteiger partial charge in [-0.05, 0) is 31.5 Å². The van der Waals surface area contributed by atoms with Gasteiger partial charge in [0.2, 0.25) is 5.91 Å². The van der Waals surface area contributed by atoms with Gasteiger partial charge in [0.1, 0.15) is 5.75 Å². The molecule has 1 saturated heterocycles. The van der Waals surface area contributed by atoms with Crippen LogP contribution in [0.4, 0.5) is 4.39 Å². The second kappa shape index (κ2) is 9.91. The Morgan fingerprint density at radius 3 is 2.66 bits per heavy atom. The van der Waals surface area contributed by atoms with Crippen LogP contribution >= 0.6 is 0 Å². The number of carbonyl (C=O) groups is 1. The summed E-state index contributed by atoms with van der Waals surface area (Å²) in [6.45, 7) is 3.75. The number of benzene rings is 2. The highest BCUT2D eigenvalue weighted by atomic mass is 19.1. The molecule has 29 heavy (non-hydrogen) atoms. The number of nitrogens with zero attached hydrogens (tertiary/aromatic N) is 2. The summed E-state index contributed by atoms with van der Waals surface area (Å²) in [5, 5.41) is 6.64. The first-order valence-electron chi connectivity index (χ1n) is 9.86. The maximum Gasteiger partial charge on any atom is 0.222 e. The van der Waals surface area contributed by atoms with Crippen molar-refractivity contribution in [3.8, 4) is 11.5 Å². The Bertz CT molecular complexity index is 871. The number of nitrogens with one attached hydrogen (secondary N) is 2. The Balaban J connectivity index is 1.71. The van der Waals surface area contributed by atoms with Gasteiger partial charge in [-0.1, -0.05) is 30.3 Å². The Morgan fingerprint density at radius 1 is 1.21 bits per heavy atom. The van der Waals surface area contributed by atoms with Crippen molar-refractivity contribution in [2.75, 3.05) is 20.1 Å². The molecule has 0 aromatic heterocycles. The molecule has 2 N–H and O–H groups in total. The van der Waals surface area contributed by atoms with E-state index in [0.29, 0.717) is 31.2 Å². The molecule has 0 spiro atoms. The number of amides is 1. The van der Waals surface area contributed by atoms with E-state index in [1.807, 2.05) is 32.2 Å². The maximum absolute atomic E-state index is 13.9. The molecule has 1 fully saturated rings. The van der Waals surface area contributed by atoms with Crippen LogP contribution in [0.15, 0.2) is 53.5 Å². The topological polar surface area (TPSA) is 66.0 Å². The number of carbonyl (C=O) groups excluding carboxylic acids is 1. The number of likely N-dealkylation sites (tertiary alicyclic amines) is 1. The third kappa shape index (κ3) is 5.70. The molecule has 3 rings (SSSR count). The van der Waals surface area contributed by atoms with Crippen LogP contribution in [0.1, 0.15) is 25.3 Å². The molecular formula is C22H27FN4O2. The highest BCUT2D eigenvalue weighted by molar-refractivity contribution is 5.81. The summed E-state index contributed by atoms with van der Waals surface area (Å²) in [5.41, 5.74) is 0.851. The molecule has 1 aliphatic rings. The summed E-state index contributed by atoms with van der Waals surface area (Å²) in [6.07, 6.45) is 1.31. The number of ether oxygens (including phenoxy) is 1. The second-order valence-corrected chi connectivity index (χ2v) is 6.99. The van der Waals surface area contributed by atoms with Crippen molar-refractivity contribution in [3.05, 3.63) is 59.9 Å². The minimum absolute atomic E-state index is 0.153. The van der Waals surface area contributed by atoms with Gasteiger partial charge < -0.3 is 20.3 Å². The van der Waals surface area contributed by atoms with Crippen LogP contribution in [0.2, 0.25) is 0 Å². The zero-order valence-corrected chi connectivity index (χ0v) is 16.8. The molecule has 2 aromatic carbocycles. The number of halogens is 1. The Kier molecular flexibility index (Phi) is 7.05. The highest BCUT2D eigenvalue weighted by Crippen LogP contribution is 2.27. The fourth-order valence-electron chi connectivity index (χ4n) is 3.19. The molecule has 7 heteroatoms. The Labute approximate surface area is 170 Å². The molecule has 1 unspecified atom stereocenters. The molecule has 6 nitrogen and oxygen atoms in total. The molecule has 2 aromatic rings. The maximum atomic E-state index is 13.9. The summed E-state index contributed by atoms with van der Waals surface area (Å²) in [5.74, 6) is 1.20. The average molecular weight is 398 g/mol. The predicted octanol–water partition coefficient (Wildman–Crippen LogP) is 3.29. The van der Waals surface area contributed by atoms with Crippen LogP contribution < -0.4 is 15.4 Å². The SMILES string of the molecule is CCNC(=NCc1ccccc1Oc1ccccc1F)NC1CCC(=O)N(C)C1. The fraction of sp³-hybridized carbons (Fsp3) is 0.364. The van der Waals surface area contributed by atoms with Gasteiger partial charge in [0.15, 0.2) is 17.5 Å². The highest BCUT2D eigenvalue weighted by Gasteiger charge is 2.23. The molecule has 0 saturated carbocycles. The van der Waals surface area contributed by atoms with Gasteiger partial charge in [-0.25, -0.2) is 9.38 Å². The predicted molar refractivity (Wildman–Crippen MR) is 112 cm³/mol. The molecule has 154 valence electrons. The number of likely N-dealkylation sites (N-methyl/N-ethyl adjacent to an activating group) is 1. The van der Waals surface area contributed by atoms with E-state index in [1.54, 1.807) is 29.2 Å². The van der Waals surface area contributed by atoms with Crippen LogP contribution in [-0.2, 0) is 11.3 Å². The zero-order valence-electron chi connectivity index (χ0n) is 16.8. The average Bonchev–Trinajstić information content (AvgIpc) is 2.72. The van der Waals surface area contributed by atoms with Crippen LogP contribution in [0.25, 0.3) is 0 Å². The second-order valence-electron chi connectivity index (χ2n) is 6.99. The smallest absolute Gasteiger partial charge is 0.222 e. The third-order valence-corrected chi connectivity index (χ3v) is 4.75. The first-order valence-corrected chi connectivity index (χ1v) is 9.86. The van der Waals surface area contributed by atoms with Gasteiger partial charge in [0.25, 0.3) is 0 Å². The van der Waals surface area contributed by atoms with Crippen molar-refractivity contribution in [3.63, 3.8) is 0 Å². The van der Waals surface area contributed by atoms with Gasteiger partial charge in [-0.3, -0.25) is 4.79 Å². The summed E-state index contributed by atoms with van der Waals surface area (Å²) in [7, 11) is 1.82. The molecule has 1 atom stereocenters. The number of hydrogen-bond donors (Lipinski definition) is 2. The van der Waals surface area contributed by atoms with Gasteiger partial charge in [0.05, 0.1) is 6.54 Å². The normalized spacial score (nSPS) is 17.2. The number of guanidine groups is 1. The van der Waals surface area contributed by atoms with Crippen molar-refractivity contribution in [2.24, 2.45) is 4.99 Å². The standard InChI is InChI=1S/C22H27FN4O2/c1-3-24-22(26-17-12-13-21(28)27(2)15-17)25-14-16-8-4-6-10-19(16)29-20-11-7-5-9-18(20)23/h4-11,17H,3,12-15H2,1-2H3,(H2,24,25,26). The monoisotopic (exact) mass is 398 g/mol. The molecular weight excluding hydrogens is 371 g/mol. The van der Waals surface area contributed by atoms with Gasteiger partial charge >= 0.3 is 0 Å². The van der Waals surface area contributed by atoms with E-state index >= 15 is 0 Å². The zero-order chi connectivity index (χ0) is 20.6. The number of hydrogen-bond acceptors (Lipinski definition) is 3. The molecule has 1 heterocycles. The van der Waals surface area contributed by atoms with Crippen molar-refractivity contribution in [1.29, 1.82) is 0 Å². The lowest BCUT2D eigenvalue weighted by Gasteiger charge is -2.31. The lowest BCUT2D eigenvalue weighted by Crippen LogP contribution is -2.51. The van der Waals surface area contributed by atoms with Gasteiger partial charge in [-0.2, -0.15) is 0 Å². The van der Waals surface area contributed by atoms with E-state index in [1.165, 1.54) is 6.07 Å². The molecule has 0 radical (unpaired) electrons. The Hall–Kier alpha value is -3.09. The van der Waals surface area contributed by atoms with Crippen molar-refractivity contribution in [2.45, 2.75) is 32.4 Å². The summed E-state index contributed by atoms with van der Waals surface area (Å²) < 4.78 is 19.7. The largest absolute Gasteiger partial charge is 0.454 e. The third-order valence-electron chi connectivity index (χ3n) is 4.75. The minimum Gasteiger partial charge on any atom is -0.454 e. The summed E-state index contributed by atoms with van der Waals surface area (Å²) in [4.78, 5) is 18.1. The van der Waals surface area contributed by atoms with Crippen LogP contribution in [-0.4, -0.2) is 42.9 Å². The van der Waals surface area contributed by atoms with Gasteiger partial charge in [0, 0.05) is 38.2 Å². The molecule has 0 aliphatic carbocycles. The Morgan fingerprint density at radius 2 is 1.93 bits per heavy atom. The number of para-hydroxylation sites is 2. The van der Waals surface area contributed by atoms with E-state index in [9.17, 15) is 9.18 Å². The van der Waals surface area contributed by atoms with Crippen molar-refractivity contribution < 1.29 is 13.9 Å². The van der Waals surface area contributed by atoms with Crippen molar-refractivity contribution in [1.82, 2.24) is 15.5 Å². The van der Waals surface area contributed by atoms with E-state index in [-0.39, 0.29) is 17.7 Å². The molecule has 0 bridgehead atoms. The molecule has 1 amide bonds. The number of piperidine rings is 1. The van der Waals surface area contributed by atoms with Crippen LogP contribution in [0, 0.1) is 5.82 Å². The van der Waals surface area contributed by atoms with E-state index < -0.39 is 5.82 Å². The number of rotatable bonds is 6. The van der Waals surface area contributed by atoms with Crippen LogP contribution in [0.3, 0.4) is 0 Å². The fourth-order valence-corrected chi connectivity index (χ4v) is 3.19. The summed E-state index contributed by atoms with van der Waals surface area (Å²) >= 11 is 0. The minimum atomic E-state index is -0.406. The lowest BCUT2D eigenvalue weighted by atomic mass is 10.1. The number of aliphatic imine (C=N–C) groups is 1. The van der Waals surface area contributed by atoms with E-state index in [0.717, 1.165) is 18.5 Å². The van der Waals surface area contributed by atoms with E-state index in [2.05, 4.69) is 15.6 Å². The summed E-state index contributed by atoms with van der Waals surface area (Å²) in [6, 6.07) is 14.0. The van der Waals surface area contributed by atoms with Crippen molar-refractivity contribution >= 4 is 11.9 Å². The van der Waals surface area contributed by atoms with Crippen LogP contribution in [0.5, 0.6) is 11.5 Å². The quantitative estimate of drug-likeness (QED) is 0.579. The lowest BCUT2D eigenvalue weighted by molar-refractivity contribution is -0.132. The molecule has 1 aliphatic heterocycles.